The van der Waals surface area contributed by atoms with Crippen molar-refractivity contribution in [2.75, 3.05) is 39.6 Å². The minimum absolute atomic E-state index is 0.211. The number of allylic oxidation sites excluding steroid dienone is 1. The standard InChI is InChI=1S/C19H31N3O2S/c1-15-6-7-22(8-9-23-13-19(2,3)4)12-16-10-18(21-11-17(15)16)25-24-14-20-5/h6-7,10,15,17H,5,8-9,11-14H2,1-4H3/t15?,17-/m1/s1. The summed E-state index contributed by atoms with van der Waals surface area (Å²) in [6.07, 6.45) is 6.69. The molecule has 140 valence electrons. The number of nitrogens with zero attached hydrogens (tertiary/aromatic N) is 3. The number of hydrogen-bond acceptors (Lipinski definition) is 6. The van der Waals surface area contributed by atoms with Crippen molar-refractivity contribution < 1.29 is 8.92 Å². The van der Waals surface area contributed by atoms with Gasteiger partial charge in [0.2, 0.25) is 0 Å². The monoisotopic (exact) mass is 365 g/mol. The summed E-state index contributed by atoms with van der Waals surface area (Å²) >= 11 is 1.29. The summed E-state index contributed by atoms with van der Waals surface area (Å²) in [6, 6.07) is 0. The number of ether oxygens (including phenoxy) is 1. The first-order chi connectivity index (χ1) is 11.9. The fourth-order valence-electron chi connectivity index (χ4n) is 2.85. The zero-order valence-electron chi connectivity index (χ0n) is 15.9. The summed E-state index contributed by atoms with van der Waals surface area (Å²) in [6.45, 7) is 16.7. The first-order valence-electron chi connectivity index (χ1n) is 8.86. The molecule has 2 aliphatic rings. The Labute approximate surface area is 156 Å². The predicted octanol–water partition coefficient (Wildman–Crippen LogP) is 3.79. The molecule has 2 aliphatic heterocycles. The molecule has 25 heavy (non-hydrogen) atoms. The van der Waals surface area contributed by atoms with Crippen molar-refractivity contribution in [2.45, 2.75) is 27.7 Å². The van der Waals surface area contributed by atoms with E-state index in [1.165, 1.54) is 17.6 Å². The third-order valence-electron chi connectivity index (χ3n) is 4.20. The van der Waals surface area contributed by atoms with Crippen LogP contribution in [0.25, 0.3) is 0 Å². The van der Waals surface area contributed by atoms with Crippen molar-refractivity contribution in [1.29, 1.82) is 0 Å². The maximum absolute atomic E-state index is 5.83. The molecule has 0 N–H and O–H groups in total. The number of rotatable bonds is 7. The van der Waals surface area contributed by atoms with Crippen molar-refractivity contribution in [3.05, 3.63) is 23.9 Å². The topological polar surface area (TPSA) is 46.4 Å². The van der Waals surface area contributed by atoms with Crippen LogP contribution in [0.15, 0.2) is 33.9 Å². The van der Waals surface area contributed by atoms with E-state index in [2.05, 4.69) is 67.6 Å². The first kappa shape index (κ1) is 20.2. The van der Waals surface area contributed by atoms with E-state index in [1.807, 2.05) is 0 Å². The molecule has 0 aromatic carbocycles. The second kappa shape index (κ2) is 9.55. The molecule has 0 amide bonds. The summed E-state index contributed by atoms with van der Waals surface area (Å²) < 4.78 is 11.2. The molecule has 0 fully saturated rings. The molecule has 2 rings (SSSR count). The van der Waals surface area contributed by atoms with Gasteiger partial charge >= 0.3 is 0 Å². The minimum atomic E-state index is 0.211. The smallest absolute Gasteiger partial charge is 0.151 e. The van der Waals surface area contributed by atoms with Crippen LogP contribution in [0.3, 0.4) is 0 Å². The summed E-state index contributed by atoms with van der Waals surface area (Å²) in [5, 5.41) is 0.924. The Morgan fingerprint density at radius 3 is 2.96 bits per heavy atom. The zero-order chi connectivity index (χ0) is 18.3. The summed E-state index contributed by atoms with van der Waals surface area (Å²) in [5.74, 6) is 0.955. The Hall–Kier alpha value is -1.11. The first-order valence-corrected chi connectivity index (χ1v) is 9.60. The molecular weight excluding hydrogens is 334 g/mol. The normalized spacial score (nSPS) is 23.6. The molecule has 0 aliphatic carbocycles. The van der Waals surface area contributed by atoms with Crippen LogP contribution in [0.1, 0.15) is 27.7 Å². The lowest BCUT2D eigenvalue weighted by Crippen LogP contribution is -2.29. The number of aliphatic imine (C=N–C) groups is 2. The Morgan fingerprint density at radius 2 is 2.24 bits per heavy atom. The van der Waals surface area contributed by atoms with Crippen molar-refractivity contribution in [3.63, 3.8) is 0 Å². The Morgan fingerprint density at radius 1 is 1.44 bits per heavy atom. The number of hydrogen-bond donors (Lipinski definition) is 0. The van der Waals surface area contributed by atoms with Gasteiger partial charge in [0, 0.05) is 25.6 Å². The zero-order valence-corrected chi connectivity index (χ0v) is 16.7. The van der Waals surface area contributed by atoms with Gasteiger partial charge in [-0.25, -0.2) is 0 Å². The molecule has 2 heterocycles. The van der Waals surface area contributed by atoms with Gasteiger partial charge in [-0.1, -0.05) is 33.8 Å². The molecule has 0 saturated carbocycles. The van der Waals surface area contributed by atoms with Crippen LogP contribution in [0, 0.1) is 17.3 Å². The summed E-state index contributed by atoms with van der Waals surface area (Å²) in [5.41, 5.74) is 1.63. The fourth-order valence-corrected chi connectivity index (χ4v) is 3.43. The van der Waals surface area contributed by atoms with Gasteiger partial charge in [-0.2, -0.15) is 0 Å². The van der Waals surface area contributed by atoms with Gasteiger partial charge in [0.05, 0.1) is 25.3 Å². The lowest BCUT2D eigenvalue weighted by atomic mass is 9.86. The Kier molecular flexibility index (Phi) is 7.72. The number of fused-ring (bicyclic) bond motifs is 1. The Bertz CT molecular complexity index is 537. The highest BCUT2D eigenvalue weighted by Gasteiger charge is 2.27. The average molecular weight is 366 g/mol. The van der Waals surface area contributed by atoms with E-state index in [-0.39, 0.29) is 12.1 Å². The highest BCUT2D eigenvalue weighted by molar-refractivity contribution is 8.10. The third-order valence-corrected chi connectivity index (χ3v) is 4.84. The van der Waals surface area contributed by atoms with Gasteiger partial charge in [0.1, 0.15) is 5.04 Å². The van der Waals surface area contributed by atoms with E-state index in [0.29, 0.717) is 11.8 Å². The molecule has 0 aromatic rings. The molecule has 2 atom stereocenters. The maximum Gasteiger partial charge on any atom is 0.151 e. The number of dihydropyridines is 1. The second-order valence-electron chi connectivity index (χ2n) is 7.84. The van der Waals surface area contributed by atoms with Gasteiger partial charge in [-0.05, 0) is 35.9 Å². The van der Waals surface area contributed by atoms with Crippen LogP contribution in [-0.2, 0) is 8.92 Å². The largest absolute Gasteiger partial charge is 0.379 e. The summed E-state index contributed by atoms with van der Waals surface area (Å²) in [4.78, 5) is 10.7. The second-order valence-corrected chi connectivity index (χ2v) is 8.66. The van der Waals surface area contributed by atoms with Gasteiger partial charge in [-0.3, -0.25) is 14.2 Å². The molecule has 1 unspecified atom stereocenters. The van der Waals surface area contributed by atoms with Crippen LogP contribution in [-0.4, -0.2) is 56.2 Å². The predicted molar refractivity (Wildman–Crippen MR) is 107 cm³/mol. The van der Waals surface area contributed by atoms with Crippen LogP contribution in [0.2, 0.25) is 0 Å². The van der Waals surface area contributed by atoms with E-state index < -0.39 is 0 Å². The quantitative estimate of drug-likeness (QED) is 0.391. The lowest BCUT2D eigenvalue weighted by Gasteiger charge is -2.27. The molecule has 6 heteroatoms. The van der Waals surface area contributed by atoms with Crippen molar-refractivity contribution >= 4 is 23.8 Å². The van der Waals surface area contributed by atoms with E-state index in [1.54, 1.807) is 0 Å². The molecule has 0 saturated heterocycles. The van der Waals surface area contributed by atoms with Gasteiger partial charge < -0.3 is 9.64 Å². The molecule has 0 radical (unpaired) electrons. The van der Waals surface area contributed by atoms with Gasteiger partial charge in [0.25, 0.3) is 0 Å². The van der Waals surface area contributed by atoms with Crippen molar-refractivity contribution in [1.82, 2.24) is 4.90 Å². The SMILES string of the molecule is C=NCOSC1=NC[C@H]2C(=C1)CN(CCOCC(C)(C)C)C=CC2C. The molecule has 0 bridgehead atoms. The van der Waals surface area contributed by atoms with Crippen molar-refractivity contribution in [3.8, 4) is 0 Å². The van der Waals surface area contributed by atoms with E-state index >= 15 is 0 Å². The van der Waals surface area contributed by atoms with Gasteiger partial charge in [0.15, 0.2) is 6.73 Å². The van der Waals surface area contributed by atoms with Crippen LogP contribution in [0.4, 0.5) is 0 Å². The molecular formula is C19H31N3O2S. The van der Waals surface area contributed by atoms with E-state index in [0.717, 1.165) is 37.9 Å². The van der Waals surface area contributed by atoms with Gasteiger partial charge in [-0.15, -0.1) is 0 Å². The van der Waals surface area contributed by atoms with Crippen LogP contribution >= 0.6 is 12.0 Å². The van der Waals surface area contributed by atoms with E-state index in [9.17, 15) is 0 Å². The molecule has 5 nitrogen and oxygen atoms in total. The minimum Gasteiger partial charge on any atom is -0.379 e. The fraction of sp³-hybridized carbons (Fsp3) is 0.684. The van der Waals surface area contributed by atoms with E-state index in [4.69, 9.17) is 8.92 Å². The highest BCUT2D eigenvalue weighted by atomic mass is 32.2. The Balaban J connectivity index is 1.91. The summed E-state index contributed by atoms with van der Waals surface area (Å²) in [7, 11) is 0. The highest BCUT2D eigenvalue weighted by Crippen LogP contribution is 2.30. The van der Waals surface area contributed by atoms with Crippen molar-refractivity contribution in [2.24, 2.45) is 27.2 Å². The molecule has 0 aromatic heterocycles. The van der Waals surface area contributed by atoms with Crippen LogP contribution in [0.5, 0.6) is 0 Å². The van der Waals surface area contributed by atoms with Crippen LogP contribution < -0.4 is 0 Å². The third kappa shape index (κ3) is 6.96. The average Bonchev–Trinajstić information content (AvgIpc) is 2.70. The lowest BCUT2D eigenvalue weighted by molar-refractivity contribution is 0.0624. The maximum atomic E-state index is 5.83. The molecule has 0 spiro atoms.